The van der Waals surface area contributed by atoms with Crippen LogP contribution in [0.5, 0.6) is 5.75 Å². The van der Waals surface area contributed by atoms with Gasteiger partial charge < -0.3 is 14.5 Å². The Balaban J connectivity index is 1.85. The van der Waals surface area contributed by atoms with Gasteiger partial charge in [-0.05, 0) is 51.1 Å². The van der Waals surface area contributed by atoms with E-state index in [9.17, 15) is 14.4 Å². The van der Waals surface area contributed by atoms with E-state index in [1.807, 2.05) is 13.8 Å². The van der Waals surface area contributed by atoms with Crippen molar-refractivity contribution in [1.82, 2.24) is 5.32 Å². The standard InChI is InChI=1S/C19H20N2O5/c1-11(2)20-19(24)17-7-5-14(26-17)9-21-15-8-13(12(3)22)4-6-16(15)25-10-18(21)23/h4-8,11H,9-10H2,1-3H3,(H,20,24). The van der Waals surface area contributed by atoms with E-state index in [4.69, 9.17) is 9.15 Å². The third-order valence-corrected chi connectivity index (χ3v) is 3.93. The van der Waals surface area contributed by atoms with Gasteiger partial charge in [0, 0.05) is 11.6 Å². The van der Waals surface area contributed by atoms with Gasteiger partial charge in [0.1, 0.15) is 11.5 Å². The number of nitrogens with zero attached hydrogens (tertiary/aromatic N) is 1. The molecular formula is C19H20N2O5. The van der Waals surface area contributed by atoms with E-state index in [1.165, 1.54) is 11.8 Å². The van der Waals surface area contributed by atoms with E-state index in [0.29, 0.717) is 22.8 Å². The summed E-state index contributed by atoms with van der Waals surface area (Å²) in [4.78, 5) is 37.5. The summed E-state index contributed by atoms with van der Waals surface area (Å²) in [6.07, 6.45) is 0. The molecule has 1 aliphatic rings. The Morgan fingerprint density at radius 2 is 2.00 bits per heavy atom. The number of carbonyl (C=O) groups is 3. The van der Waals surface area contributed by atoms with Crippen molar-refractivity contribution in [1.29, 1.82) is 0 Å². The Morgan fingerprint density at radius 1 is 1.23 bits per heavy atom. The molecule has 2 aromatic rings. The summed E-state index contributed by atoms with van der Waals surface area (Å²) in [6, 6.07) is 8.20. The molecule has 2 amide bonds. The SMILES string of the molecule is CC(=O)c1ccc2c(c1)N(Cc1ccc(C(=O)NC(C)C)o1)C(=O)CO2. The molecule has 136 valence electrons. The van der Waals surface area contributed by atoms with E-state index < -0.39 is 0 Å². The Labute approximate surface area is 150 Å². The van der Waals surface area contributed by atoms with Crippen LogP contribution in [-0.2, 0) is 11.3 Å². The fourth-order valence-electron chi connectivity index (χ4n) is 2.67. The van der Waals surface area contributed by atoms with Crippen molar-refractivity contribution in [3.63, 3.8) is 0 Å². The first kappa shape index (κ1) is 17.7. The number of amides is 2. The highest BCUT2D eigenvalue weighted by molar-refractivity contribution is 6.01. The van der Waals surface area contributed by atoms with Crippen molar-refractivity contribution >= 4 is 23.3 Å². The molecule has 7 nitrogen and oxygen atoms in total. The lowest BCUT2D eigenvalue weighted by atomic mass is 10.1. The molecule has 26 heavy (non-hydrogen) atoms. The summed E-state index contributed by atoms with van der Waals surface area (Å²) in [6.45, 7) is 5.23. The Hall–Kier alpha value is -3.09. The Bertz CT molecular complexity index is 869. The third-order valence-electron chi connectivity index (χ3n) is 3.93. The van der Waals surface area contributed by atoms with Gasteiger partial charge in [-0.2, -0.15) is 0 Å². The number of benzene rings is 1. The van der Waals surface area contributed by atoms with E-state index in [0.717, 1.165) is 0 Å². The maximum Gasteiger partial charge on any atom is 0.287 e. The van der Waals surface area contributed by atoms with Crippen molar-refractivity contribution in [2.24, 2.45) is 0 Å². The van der Waals surface area contributed by atoms with Gasteiger partial charge in [0.15, 0.2) is 18.2 Å². The molecule has 0 unspecified atom stereocenters. The second-order valence-electron chi connectivity index (χ2n) is 6.40. The van der Waals surface area contributed by atoms with Crippen LogP contribution in [0.4, 0.5) is 5.69 Å². The molecule has 7 heteroatoms. The number of nitrogens with one attached hydrogen (secondary N) is 1. The van der Waals surface area contributed by atoms with Crippen molar-refractivity contribution in [3.8, 4) is 5.75 Å². The zero-order valence-corrected chi connectivity index (χ0v) is 14.9. The molecule has 0 atom stereocenters. The summed E-state index contributed by atoms with van der Waals surface area (Å²) in [7, 11) is 0. The van der Waals surface area contributed by atoms with E-state index in [-0.39, 0.29) is 42.6 Å². The van der Waals surface area contributed by atoms with Gasteiger partial charge in [0.25, 0.3) is 11.8 Å². The van der Waals surface area contributed by atoms with Gasteiger partial charge in [-0.25, -0.2) is 0 Å². The van der Waals surface area contributed by atoms with Crippen molar-refractivity contribution < 1.29 is 23.5 Å². The van der Waals surface area contributed by atoms with Crippen LogP contribution < -0.4 is 15.0 Å². The van der Waals surface area contributed by atoms with Crippen LogP contribution in [0.3, 0.4) is 0 Å². The first-order valence-corrected chi connectivity index (χ1v) is 8.33. The van der Waals surface area contributed by atoms with Gasteiger partial charge in [-0.3, -0.25) is 19.3 Å². The third kappa shape index (κ3) is 3.61. The number of carbonyl (C=O) groups excluding carboxylic acids is 3. The second-order valence-corrected chi connectivity index (χ2v) is 6.40. The first-order chi connectivity index (χ1) is 12.3. The monoisotopic (exact) mass is 356 g/mol. The molecule has 1 N–H and O–H groups in total. The summed E-state index contributed by atoms with van der Waals surface area (Å²) < 4.78 is 11.0. The number of anilines is 1. The highest BCUT2D eigenvalue weighted by atomic mass is 16.5. The lowest BCUT2D eigenvalue weighted by Gasteiger charge is -2.29. The summed E-state index contributed by atoms with van der Waals surface area (Å²) in [5.74, 6) is 0.525. The predicted octanol–water partition coefficient (Wildman–Crippen LogP) is 2.55. The van der Waals surface area contributed by atoms with Crippen LogP contribution in [0.25, 0.3) is 0 Å². The highest BCUT2D eigenvalue weighted by Crippen LogP contribution is 2.34. The van der Waals surface area contributed by atoms with Crippen LogP contribution in [-0.4, -0.2) is 30.2 Å². The lowest BCUT2D eigenvalue weighted by Crippen LogP contribution is -2.38. The molecular weight excluding hydrogens is 336 g/mol. The van der Waals surface area contributed by atoms with Gasteiger partial charge in [0.2, 0.25) is 0 Å². The minimum atomic E-state index is -0.307. The average molecular weight is 356 g/mol. The number of Topliss-reactive ketones (excluding diaryl/α,β-unsaturated/α-hetero) is 1. The minimum absolute atomic E-state index is 0.00579. The first-order valence-electron chi connectivity index (χ1n) is 8.33. The zero-order chi connectivity index (χ0) is 18.8. The van der Waals surface area contributed by atoms with E-state index in [2.05, 4.69) is 5.32 Å². The fraction of sp³-hybridized carbons (Fsp3) is 0.316. The number of furan rings is 1. The molecule has 0 radical (unpaired) electrons. The molecule has 1 aliphatic heterocycles. The van der Waals surface area contributed by atoms with Crippen LogP contribution in [0.2, 0.25) is 0 Å². The number of ketones is 1. The van der Waals surface area contributed by atoms with E-state index in [1.54, 1.807) is 30.3 Å². The quantitative estimate of drug-likeness (QED) is 0.832. The van der Waals surface area contributed by atoms with Crippen molar-refractivity contribution in [3.05, 3.63) is 47.4 Å². The van der Waals surface area contributed by atoms with Gasteiger partial charge in [0.05, 0.1) is 12.2 Å². The molecule has 0 aliphatic carbocycles. The normalized spacial score (nSPS) is 13.4. The molecule has 0 spiro atoms. The van der Waals surface area contributed by atoms with Crippen molar-refractivity contribution in [2.45, 2.75) is 33.4 Å². The van der Waals surface area contributed by atoms with Crippen molar-refractivity contribution in [2.75, 3.05) is 11.5 Å². The topological polar surface area (TPSA) is 88.9 Å². The van der Waals surface area contributed by atoms with Crippen LogP contribution >= 0.6 is 0 Å². The lowest BCUT2D eigenvalue weighted by molar-refractivity contribution is -0.121. The number of hydrogen-bond donors (Lipinski definition) is 1. The van der Waals surface area contributed by atoms with Crippen LogP contribution in [0.1, 0.15) is 47.4 Å². The van der Waals surface area contributed by atoms with Gasteiger partial charge >= 0.3 is 0 Å². The van der Waals surface area contributed by atoms with E-state index >= 15 is 0 Å². The molecule has 0 bridgehead atoms. The number of ether oxygens (including phenoxy) is 1. The molecule has 0 fully saturated rings. The van der Waals surface area contributed by atoms with Gasteiger partial charge in [-0.15, -0.1) is 0 Å². The van der Waals surface area contributed by atoms with Gasteiger partial charge in [-0.1, -0.05) is 0 Å². The fourth-order valence-corrected chi connectivity index (χ4v) is 2.67. The second kappa shape index (κ2) is 7.03. The largest absolute Gasteiger partial charge is 0.482 e. The molecule has 1 aromatic carbocycles. The number of rotatable bonds is 5. The molecule has 0 saturated carbocycles. The van der Waals surface area contributed by atoms with Crippen LogP contribution in [0.15, 0.2) is 34.7 Å². The molecule has 1 aromatic heterocycles. The summed E-state index contributed by atoms with van der Waals surface area (Å²) in [5, 5.41) is 2.75. The number of hydrogen-bond acceptors (Lipinski definition) is 5. The average Bonchev–Trinajstić information content (AvgIpc) is 3.05. The molecule has 0 saturated heterocycles. The minimum Gasteiger partial charge on any atom is -0.482 e. The maximum absolute atomic E-state index is 12.3. The molecule has 3 rings (SSSR count). The Kier molecular flexibility index (Phi) is 4.79. The summed E-state index contributed by atoms with van der Waals surface area (Å²) in [5.41, 5.74) is 1.00. The number of fused-ring (bicyclic) bond motifs is 1. The smallest absolute Gasteiger partial charge is 0.287 e. The maximum atomic E-state index is 12.3. The summed E-state index contributed by atoms with van der Waals surface area (Å²) >= 11 is 0. The van der Waals surface area contributed by atoms with Crippen LogP contribution in [0, 0.1) is 0 Å². The predicted molar refractivity (Wildman–Crippen MR) is 94.4 cm³/mol. The Morgan fingerprint density at radius 3 is 2.69 bits per heavy atom. The zero-order valence-electron chi connectivity index (χ0n) is 14.9. The highest BCUT2D eigenvalue weighted by Gasteiger charge is 2.27. The molecule has 2 heterocycles.